The minimum atomic E-state index is -0.282. The number of halogens is 1. The minimum Gasteiger partial charge on any atom is -0.497 e. The van der Waals surface area contributed by atoms with Crippen LogP contribution < -0.4 is 15.8 Å². The number of carbonyl (C=O) groups is 1. The molecule has 5 heteroatoms. The van der Waals surface area contributed by atoms with Crippen LogP contribution >= 0.6 is 12.4 Å². The molecule has 0 aromatic heterocycles. The summed E-state index contributed by atoms with van der Waals surface area (Å²) in [6.07, 6.45) is 2.02. The monoisotopic (exact) mass is 300 g/mol. The molecule has 114 valence electrons. The van der Waals surface area contributed by atoms with Gasteiger partial charge in [0.15, 0.2) is 0 Å². The molecule has 0 bridgehead atoms. The molecule has 0 atom stereocenters. The zero-order valence-electron chi connectivity index (χ0n) is 12.4. The van der Waals surface area contributed by atoms with E-state index in [4.69, 9.17) is 10.5 Å². The van der Waals surface area contributed by atoms with E-state index in [1.807, 2.05) is 38.1 Å². The number of carbonyl (C=O) groups excluding carboxylic acids is 1. The smallest absolute Gasteiger partial charge is 0.224 e. The lowest BCUT2D eigenvalue weighted by atomic mass is 9.92. The lowest BCUT2D eigenvalue weighted by Crippen LogP contribution is -2.53. The van der Waals surface area contributed by atoms with Gasteiger partial charge in [-0.05, 0) is 30.5 Å². The van der Waals surface area contributed by atoms with Crippen LogP contribution in [-0.4, -0.2) is 25.1 Å². The van der Waals surface area contributed by atoms with Gasteiger partial charge in [-0.3, -0.25) is 4.79 Å². The minimum absolute atomic E-state index is 0. The Kier molecular flexibility index (Phi) is 8.26. The quantitative estimate of drug-likeness (QED) is 0.812. The van der Waals surface area contributed by atoms with Gasteiger partial charge in [0.05, 0.1) is 19.1 Å². The Morgan fingerprint density at radius 1 is 1.35 bits per heavy atom. The van der Waals surface area contributed by atoms with Gasteiger partial charge in [0.25, 0.3) is 0 Å². The first kappa shape index (κ1) is 18.7. The summed E-state index contributed by atoms with van der Waals surface area (Å²) >= 11 is 0. The second-order valence-electron chi connectivity index (χ2n) is 4.77. The van der Waals surface area contributed by atoms with Crippen molar-refractivity contribution in [2.24, 2.45) is 5.73 Å². The topological polar surface area (TPSA) is 64.3 Å². The van der Waals surface area contributed by atoms with E-state index in [2.05, 4.69) is 5.32 Å². The second kappa shape index (κ2) is 8.82. The molecular formula is C15H25ClN2O2. The fourth-order valence-corrected chi connectivity index (χ4v) is 2.07. The maximum atomic E-state index is 12.1. The molecule has 3 N–H and O–H groups in total. The van der Waals surface area contributed by atoms with Crippen LogP contribution in [0.4, 0.5) is 0 Å². The van der Waals surface area contributed by atoms with Crippen LogP contribution in [0.1, 0.15) is 32.3 Å². The van der Waals surface area contributed by atoms with E-state index in [1.54, 1.807) is 7.11 Å². The molecule has 1 amide bonds. The average Bonchev–Trinajstić information content (AvgIpc) is 2.45. The lowest BCUT2D eigenvalue weighted by Gasteiger charge is -2.31. The second-order valence-corrected chi connectivity index (χ2v) is 4.77. The molecule has 0 aliphatic heterocycles. The maximum absolute atomic E-state index is 12.1. The molecule has 0 spiro atoms. The normalized spacial score (nSPS) is 10.6. The number of benzene rings is 1. The van der Waals surface area contributed by atoms with Crippen molar-refractivity contribution >= 4 is 18.3 Å². The van der Waals surface area contributed by atoms with Gasteiger partial charge in [-0.15, -0.1) is 12.4 Å². The Balaban J connectivity index is 0.00000361. The van der Waals surface area contributed by atoms with E-state index < -0.39 is 0 Å². The van der Waals surface area contributed by atoms with Crippen molar-refractivity contribution in [1.29, 1.82) is 0 Å². The summed E-state index contributed by atoms with van der Waals surface area (Å²) < 4.78 is 5.15. The van der Waals surface area contributed by atoms with Gasteiger partial charge in [0.2, 0.25) is 5.91 Å². The molecule has 0 fully saturated rings. The molecule has 0 radical (unpaired) electrons. The number of ether oxygens (including phenoxy) is 1. The van der Waals surface area contributed by atoms with Crippen molar-refractivity contribution in [3.8, 4) is 5.75 Å². The van der Waals surface area contributed by atoms with E-state index in [-0.39, 0.29) is 23.9 Å². The summed E-state index contributed by atoms with van der Waals surface area (Å²) in [5, 5.41) is 3.06. The van der Waals surface area contributed by atoms with Gasteiger partial charge in [-0.2, -0.15) is 0 Å². The molecule has 1 aromatic carbocycles. The van der Waals surface area contributed by atoms with Crippen LogP contribution in [0, 0.1) is 0 Å². The van der Waals surface area contributed by atoms with Gasteiger partial charge >= 0.3 is 0 Å². The average molecular weight is 301 g/mol. The van der Waals surface area contributed by atoms with Crippen LogP contribution in [0.15, 0.2) is 24.3 Å². The molecule has 0 saturated heterocycles. The molecule has 1 aromatic rings. The summed E-state index contributed by atoms with van der Waals surface area (Å²) in [7, 11) is 1.62. The third-order valence-corrected chi connectivity index (χ3v) is 3.65. The highest BCUT2D eigenvalue weighted by Crippen LogP contribution is 2.15. The number of nitrogens with two attached hydrogens (primary N) is 1. The lowest BCUT2D eigenvalue weighted by molar-refractivity contribution is -0.122. The van der Waals surface area contributed by atoms with Crippen LogP contribution in [0.2, 0.25) is 0 Å². The third kappa shape index (κ3) is 5.02. The van der Waals surface area contributed by atoms with E-state index in [9.17, 15) is 4.79 Å². The fraction of sp³-hybridized carbons (Fsp3) is 0.533. The molecule has 4 nitrogen and oxygen atoms in total. The van der Waals surface area contributed by atoms with Gasteiger partial charge < -0.3 is 15.8 Å². The number of nitrogens with one attached hydrogen (secondary N) is 1. The predicted molar refractivity (Wildman–Crippen MR) is 84.5 cm³/mol. The Bertz CT molecular complexity index is 412. The third-order valence-electron chi connectivity index (χ3n) is 3.65. The Hall–Kier alpha value is -1.26. The number of amides is 1. The van der Waals surface area contributed by atoms with Crippen molar-refractivity contribution in [2.45, 2.75) is 38.6 Å². The highest BCUT2D eigenvalue weighted by molar-refractivity contribution is 5.85. The standard InChI is InChI=1S/C15H24N2O2.ClH/c1-4-15(5-2,11-16)17-14(18)10-12-7-6-8-13(9-12)19-3;/h6-9H,4-5,10-11,16H2,1-3H3,(H,17,18);1H. The van der Waals surface area contributed by atoms with Gasteiger partial charge in [0, 0.05) is 6.54 Å². The summed E-state index contributed by atoms with van der Waals surface area (Å²) in [6, 6.07) is 7.55. The van der Waals surface area contributed by atoms with Crippen molar-refractivity contribution < 1.29 is 9.53 Å². The maximum Gasteiger partial charge on any atom is 0.224 e. The summed E-state index contributed by atoms with van der Waals surface area (Å²) in [5.41, 5.74) is 6.44. The van der Waals surface area contributed by atoms with Gasteiger partial charge in [0.1, 0.15) is 5.75 Å². The van der Waals surface area contributed by atoms with Crippen molar-refractivity contribution in [3.05, 3.63) is 29.8 Å². The molecule has 0 saturated carbocycles. The molecular weight excluding hydrogens is 276 g/mol. The van der Waals surface area contributed by atoms with Gasteiger partial charge in [-0.25, -0.2) is 0 Å². The first-order chi connectivity index (χ1) is 9.09. The molecule has 1 rings (SSSR count). The molecule has 0 aliphatic carbocycles. The molecule has 0 heterocycles. The fourth-order valence-electron chi connectivity index (χ4n) is 2.07. The molecule has 0 aliphatic rings. The number of methoxy groups -OCH3 is 1. The number of hydrogen-bond donors (Lipinski definition) is 2. The SMILES string of the molecule is CCC(CC)(CN)NC(=O)Cc1cccc(OC)c1.Cl. The number of rotatable bonds is 7. The summed E-state index contributed by atoms with van der Waals surface area (Å²) in [6.45, 7) is 4.55. The molecule has 20 heavy (non-hydrogen) atoms. The Labute approximate surface area is 127 Å². The zero-order valence-corrected chi connectivity index (χ0v) is 13.3. The van der Waals surface area contributed by atoms with Crippen LogP contribution in [0.25, 0.3) is 0 Å². The van der Waals surface area contributed by atoms with E-state index in [0.29, 0.717) is 13.0 Å². The van der Waals surface area contributed by atoms with E-state index >= 15 is 0 Å². The van der Waals surface area contributed by atoms with Crippen LogP contribution in [-0.2, 0) is 11.2 Å². The van der Waals surface area contributed by atoms with Crippen LogP contribution in [0.3, 0.4) is 0 Å². The number of hydrogen-bond acceptors (Lipinski definition) is 3. The first-order valence-corrected chi connectivity index (χ1v) is 6.73. The predicted octanol–water partition coefficient (Wildman–Crippen LogP) is 2.29. The largest absolute Gasteiger partial charge is 0.497 e. The zero-order chi connectivity index (χ0) is 14.3. The highest BCUT2D eigenvalue weighted by atomic mass is 35.5. The highest BCUT2D eigenvalue weighted by Gasteiger charge is 2.26. The van der Waals surface area contributed by atoms with E-state index in [1.165, 1.54) is 0 Å². The molecule has 0 unspecified atom stereocenters. The van der Waals surface area contributed by atoms with Crippen molar-refractivity contribution in [3.63, 3.8) is 0 Å². The Morgan fingerprint density at radius 3 is 2.50 bits per heavy atom. The first-order valence-electron chi connectivity index (χ1n) is 6.73. The summed E-state index contributed by atoms with van der Waals surface area (Å²) in [5.74, 6) is 0.767. The van der Waals surface area contributed by atoms with Crippen molar-refractivity contribution in [2.75, 3.05) is 13.7 Å². The Morgan fingerprint density at radius 2 is 2.00 bits per heavy atom. The van der Waals surface area contributed by atoms with Crippen molar-refractivity contribution in [1.82, 2.24) is 5.32 Å². The van der Waals surface area contributed by atoms with Gasteiger partial charge in [-0.1, -0.05) is 26.0 Å². The van der Waals surface area contributed by atoms with Crippen LogP contribution in [0.5, 0.6) is 5.75 Å². The summed E-state index contributed by atoms with van der Waals surface area (Å²) in [4.78, 5) is 12.1. The van der Waals surface area contributed by atoms with E-state index in [0.717, 1.165) is 24.2 Å².